The molecule has 1 N–H and O–H groups in total. The Morgan fingerprint density at radius 2 is 2.20 bits per heavy atom. The van der Waals surface area contributed by atoms with Gasteiger partial charge in [0.1, 0.15) is 0 Å². The van der Waals surface area contributed by atoms with Crippen molar-refractivity contribution in [1.82, 2.24) is 0 Å². The number of nitrogens with one attached hydrogen (secondary N) is 1. The van der Waals surface area contributed by atoms with Crippen LogP contribution < -0.4 is 0 Å². The fraction of sp³-hybridized carbons (Fsp3) is 0.500. The number of allylic oxidation sites excluding steroid dienone is 1. The van der Waals surface area contributed by atoms with Gasteiger partial charge >= 0.3 is 5.97 Å². The highest BCUT2D eigenvalue weighted by atomic mass is 16.5. The molecule has 0 fully saturated rings. The van der Waals surface area contributed by atoms with E-state index in [4.69, 9.17) is 10.1 Å². The van der Waals surface area contributed by atoms with Crippen molar-refractivity contribution in [2.24, 2.45) is 5.41 Å². The predicted molar refractivity (Wildman–Crippen MR) is 62.1 cm³/mol. The van der Waals surface area contributed by atoms with E-state index in [9.17, 15) is 4.79 Å². The van der Waals surface area contributed by atoms with Crippen LogP contribution in [0.3, 0.4) is 0 Å². The SMILES string of the molecule is C=CCCC(C)(C(=C)C=N)C(=O)OCC. The summed E-state index contributed by atoms with van der Waals surface area (Å²) in [5, 5.41) is 7.17. The smallest absolute Gasteiger partial charge is 0.316 e. The van der Waals surface area contributed by atoms with Crippen LogP contribution in [0.5, 0.6) is 0 Å². The van der Waals surface area contributed by atoms with Crippen molar-refractivity contribution in [3.8, 4) is 0 Å². The normalized spacial score (nSPS) is 13.7. The predicted octanol–water partition coefficient (Wildman–Crippen LogP) is 2.73. The van der Waals surface area contributed by atoms with E-state index in [1.165, 1.54) is 0 Å². The molecule has 3 heteroatoms. The van der Waals surface area contributed by atoms with E-state index < -0.39 is 5.41 Å². The number of rotatable bonds is 7. The summed E-state index contributed by atoms with van der Waals surface area (Å²) in [6, 6.07) is 0. The second-order valence-corrected chi connectivity index (χ2v) is 3.55. The average molecular weight is 209 g/mol. The van der Waals surface area contributed by atoms with Crippen LogP contribution in [0.1, 0.15) is 26.7 Å². The number of esters is 1. The van der Waals surface area contributed by atoms with Gasteiger partial charge in [0.05, 0.1) is 12.0 Å². The second-order valence-electron chi connectivity index (χ2n) is 3.55. The summed E-state index contributed by atoms with van der Waals surface area (Å²) in [6.07, 6.45) is 4.13. The Labute approximate surface area is 91.3 Å². The van der Waals surface area contributed by atoms with Gasteiger partial charge in [0.15, 0.2) is 0 Å². The van der Waals surface area contributed by atoms with E-state index in [0.717, 1.165) is 6.21 Å². The summed E-state index contributed by atoms with van der Waals surface area (Å²) in [5.41, 5.74) is -0.325. The van der Waals surface area contributed by atoms with Crippen LogP contribution in [0.2, 0.25) is 0 Å². The molecule has 0 amide bonds. The average Bonchev–Trinajstić information content (AvgIpc) is 2.24. The first kappa shape index (κ1) is 13.6. The zero-order chi connectivity index (χ0) is 11.9. The number of hydrogen-bond acceptors (Lipinski definition) is 3. The Hall–Kier alpha value is -1.38. The molecule has 3 nitrogen and oxygen atoms in total. The van der Waals surface area contributed by atoms with E-state index >= 15 is 0 Å². The molecular weight excluding hydrogens is 190 g/mol. The van der Waals surface area contributed by atoms with Gasteiger partial charge < -0.3 is 10.1 Å². The van der Waals surface area contributed by atoms with E-state index in [1.54, 1.807) is 19.9 Å². The van der Waals surface area contributed by atoms with Gasteiger partial charge in [-0.05, 0) is 32.3 Å². The third-order valence-electron chi connectivity index (χ3n) is 2.46. The minimum Gasteiger partial charge on any atom is -0.465 e. The first-order chi connectivity index (χ1) is 7.02. The molecule has 0 aliphatic rings. The first-order valence-corrected chi connectivity index (χ1v) is 5.00. The Morgan fingerprint density at radius 3 is 2.60 bits per heavy atom. The summed E-state index contributed by atoms with van der Waals surface area (Å²) >= 11 is 0. The maximum atomic E-state index is 11.8. The lowest BCUT2D eigenvalue weighted by Gasteiger charge is -2.26. The van der Waals surface area contributed by atoms with Crippen LogP contribution in [0.15, 0.2) is 24.8 Å². The number of carbonyl (C=O) groups is 1. The molecular formula is C12H19NO2. The summed E-state index contributed by atoms with van der Waals surface area (Å²) in [7, 11) is 0. The Kier molecular flexibility index (Phi) is 5.60. The van der Waals surface area contributed by atoms with E-state index in [-0.39, 0.29) is 5.97 Å². The molecule has 1 atom stereocenters. The standard InChI is InChI=1S/C12H19NO2/c1-5-7-8-12(4,10(3)9-13)11(14)15-6-2/h5,9,13H,1,3,6-8H2,2,4H3. The van der Waals surface area contributed by atoms with Crippen LogP contribution in [0, 0.1) is 10.8 Å². The van der Waals surface area contributed by atoms with Gasteiger partial charge in [-0.2, -0.15) is 0 Å². The van der Waals surface area contributed by atoms with Crippen LogP contribution in [-0.4, -0.2) is 18.8 Å². The molecule has 0 aliphatic heterocycles. The molecule has 0 radical (unpaired) electrons. The largest absolute Gasteiger partial charge is 0.465 e. The van der Waals surface area contributed by atoms with Crippen molar-refractivity contribution in [2.75, 3.05) is 6.61 Å². The van der Waals surface area contributed by atoms with Crippen LogP contribution in [0.25, 0.3) is 0 Å². The molecule has 0 rings (SSSR count). The summed E-state index contributed by atoms with van der Waals surface area (Å²) in [6.45, 7) is 11.2. The third kappa shape index (κ3) is 3.35. The minimum atomic E-state index is -0.800. The van der Waals surface area contributed by atoms with Gasteiger partial charge in [0, 0.05) is 6.21 Å². The lowest BCUT2D eigenvalue weighted by molar-refractivity contribution is -0.152. The Morgan fingerprint density at radius 1 is 1.60 bits per heavy atom. The van der Waals surface area contributed by atoms with Gasteiger partial charge in [-0.1, -0.05) is 12.7 Å². The highest BCUT2D eigenvalue weighted by Gasteiger charge is 2.35. The van der Waals surface area contributed by atoms with Gasteiger partial charge in [-0.25, -0.2) is 0 Å². The molecule has 0 saturated heterocycles. The van der Waals surface area contributed by atoms with E-state index in [2.05, 4.69) is 13.2 Å². The Bertz CT molecular complexity index is 271. The number of ether oxygens (including phenoxy) is 1. The first-order valence-electron chi connectivity index (χ1n) is 5.00. The fourth-order valence-corrected chi connectivity index (χ4v) is 1.23. The number of hydrogen-bond donors (Lipinski definition) is 1. The third-order valence-corrected chi connectivity index (χ3v) is 2.46. The van der Waals surface area contributed by atoms with Crippen molar-refractivity contribution in [2.45, 2.75) is 26.7 Å². The fourth-order valence-electron chi connectivity index (χ4n) is 1.23. The highest BCUT2D eigenvalue weighted by molar-refractivity contribution is 5.90. The van der Waals surface area contributed by atoms with Crippen LogP contribution >= 0.6 is 0 Å². The molecule has 0 aromatic rings. The van der Waals surface area contributed by atoms with Gasteiger partial charge in [-0.3, -0.25) is 4.79 Å². The maximum absolute atomic E-state index is 11.8. The summed E-state index contributed by atoms with van der Waals surface area (Å²) < 4.78 is 4.99. The van der Waals surface area contributed by atoms with E-state index in [0.29, 0.717) is 25.0 Å². The molecule has 0 aromatic heterocycles. The lowest BCUT2D eigenvalue weighted by Crippen LogP contribution is -2.32. The molecule has 0 bridgehead atoms. The molecule has 0 spiro atoms. The molecule has 0 aromatic carbocycles. The van der Waals surface area contributed by atoms with E-state index in [1.807, 2.05) is 0 Å². The molecule has 0 saturated carbocycles. The molecule has 84 valence electrons. The van der Waals surface area contributed by atoms with Gasteiger partial charge in [0.25, 0.3) is 0 Å². The summed E-state index contributed by atoms with van der Waals surface area (Å²) in [4.78, 5) is 11.8. The molecule has 1 unspecified atom stereocenters. The quantitative estimate of drug-likeness (QED) is 0.398. The Balaban J connectivity index is 4.82. The number of carbonyl (C=O) groups excluding carboxylic acids is 1. The second kappa shape index (κ2) is 6.17. The van der Waals surface area contributed by atoms with Crippen LogP contribution in [0.4, 0.5) is 0 Å². The topological polar surface area (TPSA) is 50.2 Å². The zero-order valence-corrected chi connectivity index (χ0v) is 9.51. The van der Waals surface area contributed by atoms with Crippen molar-refractivity contribution in [3.63, 3.8) is 0 Å². The maximum Gasteiger partial charge on any atom is 0.316 e. The van der Waals surface area contributed by atoms with Gasteiger partial charge in [0.2, 0.25) is 0 Å². The highest BCUT2D eigenvalue weighted by Crippen LogP contribution is 2.32. The lowest BCUT2D eigenvalue weighted by atomic mass is 9.79. The van der Waals surface area contributed by atoms with Crippen molar-refractivity contribution in [3.05, 3.63) is 24.8 Å². The monoisotopic (exact) mass is 209 g/mol. The minimum absolute atomic E-state index is 0.319. The summed E-state index contributed by atoms with van der Waals surface area (Å²) in [5.74, 6) is -0.319. The van der Waals surface area contributed by atoms with Gasteiger partial charge in [-0.15, -0.1) is 6.58 Å². The van der Waals surface area contributed by atoms with Crippen molar-refractivity contribution < 1.29 is 9.53 Å². The molecule has 0 heterocycles. The molecule has 0 aliphatic carbocycles. The van der Waals surface area contributed by atoms with Crippen molar-refractivity contribution >= 4 is 12.2 Å². The van der Waals surface area contributed by atoms with Crippen molar-refractivity contribution in [1.29, 1.82) is 5.41 Å². The van der Waals surface area contributed by atoms with Crippen LogP contribution in [-0.2, 0) is 9.53 Å². The zero-order valence-electron chi connectivity index (χ0n) is 9.51. The molecule has 15 heavy (non-hydrogen) atoms.